The van der Waals surface area contributed by atoms with Gasteiger partial charge < -0.3 is 5.11 Å². The van der Waals surface area contributed by atoms with E-state index in [1.54, 1.807) is 0 Å². The number of thioether (sulfide) groups is 1. The summed E-state index contributed by atoms with van der Waals surface area (Å²) in [6.07, 6.45) is 1.02. The zero-order chi connectivity index (χ0) is 15.5. The Balaban J connectivity index is 3.07. The molecule has 10 heteroatoms. The molecule has 0 heterocycles. The number of nitrogens with zero attached hydrogens (tertiary/aromatic N) is 1. The second kappa shape index (κ2) is 6.18. The van der Waals surface area contributed by atoms with E-state index in [0.717, 1.165) is 24.1 Å². The molecule has 0 saturated carbocycles. The number of carboxylic acid groups (broad SMARTS) is 1. The summed E-state index contributed by atoms with van der Waals surface area (Å²) < 4.78 is 35.5. The number of hydrogen-bond donors (Lipinski definition) is 1. The summed E-state index contributed by atoms with van der Waals surface area (Å²) in [7, 11) is -3.22. The van der Waals surface area contributed by atoms with Crippen LogP contribution in [0.25, 0.3) is 0 Å². The highest BCUT2D eigenvalue weighted by Crippen LogP contribution is 2.29. The van der Waals surface area contributed by atoms with Crippen molar-refractivity contribution >= 4 is 33.3 Å². The van der Waals surface area contributed by atoms with E-state index < -0.39 is 37.8 Å². The van der Waals surface area contributed by atoms with Crippen molar-refractivity contribution < 1.29 is 27.6 Å². The molecular weight excluding hydrogens is 313 g/mol. The average molecular weight is 323 g/mol. The molecule has 0 atom stereocenters. The maximum atomic E-state index is 13.6. The Morgan fingerprint density at radius 2 is 2.10 bits per heavy atom. The Bertz CT molecular complexity index is 658. The number of sulfone groups is 1. The fraction of sp³-hybridized carbons (Fsp3) is 0.300. The summed E-state index contributed by atoms with van der Waals surface area (Å²) in [5, 5.41) is 19.5. The van der Waals surface area contributed by atoms with Crippen LogP contribution in [0.2, 0.25) is 0 Å². The lowest BCUT2D eigenvalue weighted by Gasteiger charge is -2.05. The second-order valence-corrected chi connectivity index (χ2v) is 7.24. The molecule has 0 aliphatic carbocycles. The number of nitro groups is 1. The van der Waals surface area contributed by atoms with E-state index in [-0.39, 0.29) is 16.4 Å². The van der Waals surface area contributed by atoms with Gasteiger partial charge in [0.15, 0.2) is 0 Å². The van der Waals surface area contributed by atoms with Crippen LogP contribution in [0.4, 0.5) is 10.1 Å². The zero-order valence-electron chi connectivity index (χ0n) is 10.2. The van der Waals surface area contributed by atoms with Gasteiger partial charge in [-0.2, -0.15) is 0 Å². The number of aromatic carboxylic acids is 1. The van der Waals surface area contributed by atoms with Gasteiger partial charge in [-0.05, 0) is 6.07 Å². The van der Waals surface area contributed by atoms with Crippen molar-refractivity contribution in [3.8, 4) is 0 Å². The average Bonchev–Trinajstić information content (AvgIpc) is 2.28. The molecule has 1 N–H and O–H groups in total. The molecule has 0 saturated heterocycles. The molecule has 0 fully saturated rings. The summed E-state index contributed by atoms with van der Waals surface area (Å²) in [5.41, 5.74) is -1.49. The summed E-state index contributed by atoms with van der Waals surface area (Å²) >= 11 is 0.786. The summed E-state index contributed by atoms with van der Waals surface area (Å²) in [5.74, 6) is -2.70. The van der Waals surface area contributed by atoms with Crippen molar-refractivity contribution in [2.24, 2.45) is 0 Å². The quantitative estimate of drug-likeness (QED) is 0.480. The normalized spacial score (nSPS) is 11.3. The van der Waals surface area contributed by atoms with Crippen LogP contribution in [0, 0.1) is 15.9 Å². The third-order valence-electron chi connectivity index (χ3n) is 2.19. The fourth-order valence-corrected chi connectivity index (χ4v) is 3.44. The van der Waals surface area contributed by atoms with Crippen LogP contribution in [0.15, 0.2) is 17.0 Å². The highest BCUT2D eigenvalue weighted by atomic mass is 32.2. The molecule has 1 aromatic rings. The van der Waals surface area contributed by atoms with E-state index in [0.29, 0.717) is 6.07 Å². The van der Waals surface area contributed by atoms with Crippen molar-refractivity contribution in [3.05, 3.63) is 33.6 Å². The summed E-state index contributed by atoms with van der Waals surface area (Å²) in [6, 6.07) is 1.36. The predicted octanol–water partition coefficient (Wildman–Crippen LogP) is 1.57. The maximum Gasteiger partial charge on any atom is 0.342 e. The van der Waals surface area contributed by atoms with E-state index >= 15 is 0 Å². The molecule has 0 spiro atoms. The molecule has 1 aromatic carbocycles. The lowest BCUT2D eigenvalue weighted by Crippen LogP contribution is -2.06. The molecule has 0 aliphatic rings. The van der Waals surface area contributed by atoms with Gasteiger partial charge in [-0.25, -0.2) is 17.6 Å². The monoisotopic (exact) mass is 323 g/mol. The van der Waals surface area contributed by atoms with E-state index in [9.17, 15) is 27.7 Å². The summed E-state index contributed by atoms with van der Waals surface area (Å²) in [4.78, 5) is 20.4. The minimum Gasteiger partial charge on any atom is -0.477 e. The molecular formula is C10H10FNO6S2. The minimum absolute atomic E-state index is 0.0205. The van der Waals surface area contributed by atoms with Gasteiger partial charge in [-0.1, -0.05) is 0 Å². The summed E-state index contributed by atoms with van der Waals surface area (Å²) in [6.45, 7) is 0. The van der Waals surface area contributed by atoms with Gasteiger partial charge >= 0.3 is 5.97 Å². The number of carbonyl (C=O) groups is 1. The fourth-order valence-electron chi connectivity index (χ4n) is 1.28. The number of nitro benzene ring substituents is 1. The molecule has 0 radical (unpaired) electrons. The van der Waals surface area contributed by atoms with Crippen molar-refractivity contribution in [3.63, 3.8) is 0 Å². The Labute approximate surface area is 117 Å². The first kappa shape index (κ1) is 16.4. The van der Waals surface area contributed by atoms with Crippen molar-refractivity contribution in [1.29, 1.82) is 0 Å². The number of benzene rings is 1. The lowest BCUT2D eigenvalue weighted by atomic mass is 10.2. The molecule has 7 nitrogen and oxygen atoms in total. The van der Waals surface area contributed by atoms with Crippen LogP contribution in [0.5, 0.6) is 0 Å². The smallest absolute Gasteiger partial charge is 0.342 e. The largest absolute Gasteiger partial charge is 0.477 e. The molecule has 0 aliphatic heterocycles. The molecule has 110 valence electrons. The SMILES string of the molecule is CS(=O)(=O)CCSc1cc(C(=O)O)c([N+](=O)[O-])cc1F. The van der Waals surface area contributed by atoms with Gasteiger partial charge in [0.05, 0.1) is 16.7 Å². The first-order chi connectivity index (χ1) is 9.11. The highest BCUT2D eigenvalue weighted by molar-refractivity contribution is 8.00. The first-order valence-corrected chi connectivity index (χ1v) is 8.18. The number of rotatable bonds is 6. The van der Waals surface area contributed by atoms with E-state index in [1.807, 2.05) is 0 Å². The van der Waals surface area contributed by atoms with Gasteiger partial charge in [0.2, 0.25) is 0 Å². The zero-order valence-corrected chi connectivity index (χ0v) is 11.8. The molecule has 0 amide bonds. The first-order valence-electron chi connectivity index (χ1n) is 5.13. The number of hydrogen-bond acceptors (Lipinski definition) is 6. The Morgan fingerprint density at radius 1 is 1.50 bits per heavy atom. The molecule has 1 rings (SSSR count). The number of halogens is 1. The maximum absolute atomic E-state index is 13.6. The highest BCUT2D eigenvalue weighted by Gasteiger charge is 2.23. The minimum atomic E-state index is -3.22. The van der Waals surface area contributed by atoms with E-state index in [2.05, 4.69) is 0 Å². The molecule has 0 bridgehead atoms. The van der Waals surface area contributed by atoms with E-state index in [1.165, 1.54) is 0 Å². The van der Waals surface area contributed by atoms with Gasteiger partial charge in [0.25, 0.3) is 5.69 Å². The molecule has 20 heavy (non-hydrogen) atoms. The van der Waals surface area contributed by atoms with Crippen LogP contribution in [0.1, 0.15) is 10.4 Å². The van der Waals surface area contributed by atoms with E-state index in [4.69, 9.17) is 5.11 Å². The van der Waals surface area contributed by atoms with Crippen molar-refractivity contribution in [2.75, 3.05) is 17.8 Å². The third kappa shape index (κ3) is 4.46. The molecule has 0 aromatic heterocycles. The predicted molar refractivity (Wildman–Crippen MR) is 70.4 cm³/mol. The van der Waals surface area contributed by atoms with Gasteiger partial charge in [0, 0.05) is 16.9 Å². The van der Waals surface area contributed by atoms with Crippen LogP contribution < -0.4 is 0 Å². The Hall–Kier alpha value is -1.68. The third-order valence-corrected chi connectivity index (χ3v) is 4.43. The Kier molecular flexibility index (Phi) is 5.06. The van der Waals surface area contributed by atoms with Crippen LogP contribution in [-0.4, -0.2) is 42.2 Å². The van der Waals surface area contributed by atoms with Gasteiger partial charge in [-0.15, -0.1) is 11.8 Å². The second-order valence-electron chi connectivity index (χ2n) is 3.84. The number of carboxylic acids is 1. The van der Waals surface area contributed by atoms with Crippen molar-refractivity contribution in [1.82, 2.24) is 0 Å². The van der Waals surface area contributed by atoms with Crippen LogP contribution >= 0.6 is 11.8 Å². The van der Waals surface area contributed by atoms with Gasteiger partial charge in [-0.3, -0.25) is 10.1 Å². The molecule has 0 unspecified atom stereocenters. The van der Waals surface area contributed by atoms with Crippen LogP contribution in [0.3, 0.4) is 0 Å². The standard InChI is InChI=1S/C10H10FNO6S2/c1-20(17,18)3-2-19-9-4-6(10(13)14)8(12(15)16)5-7(9)11/h4-5H,2-3H2,1H3,(H,13,14). The lowest BCUT2D eigenvalue weighted by molar-refractivity contribution is -0.385. The van der Waals surface area contributed by atoms with Crippen LogP contribution in [-0.2, 0) is 9.84 Å². The van der Waals surface area contributed by atoms with Crippen molar-refractivity contribution in [2.45, 2.75) is 4.90 Å². The Morgan fingerprint density at radius 3 is 2.55 bits per heavy atom. The van der Waals surface area contributed by atoms with Gasteiger partial charge in [0.1, 0.15) is 21.2 Å². The topological polar surface area (TPSA) is 115 Å².